The molecule has 146 valence electrons. The molecule has 3 N–H and O–H groups in total. The van der Waals surface area contributed by atoms with Crippen molar-refractivity contribution < 1.29 is 4.74 Å². The number of nitrogens with one attached hydrogen (secondary N) is 1. The Balaban J connectivity index is 3.21. The molecule has 0 radical (unpaired) electrons. The Hall–Kier alpha value is -0.120. The lowest BCUT2D eigenvalue weighted by atomic mass is 10.0. The summed E-state index contributed by atoms with van der Waals surface area (Å²) >= 11 is 0. The highest BCUT2D eigenvalue weighted by molar-refractivity contribution is 4.60. The molecule has 3 nitrogen and oxygen atoms in total. The summed E-state index contributed by atoms with van der Waals surface area (Å²) in [6.45, 7) is 7.38. The zero-order chi connectivity index (χ0) is 17.9. The Bertz CT molecular complexity index is 236. The lowest BCUT2D eigenvalue weighted by Gasteiger charge is -2.21. The predicted octanol–water partition coefficient (Wildman–Crippen LogP) is 6.11. The van der Waals surface area contributed by atoms with Gasteiger partial charge in [0, 0.05) is 6.61 Å². The zero-order valence-electron chi connectivity index (χ0n) is 17.0. The number of nitrogens with two attached hydrogens (primary N) is 1. The van der Waals surface area contributed by atoms with Crippen LogP contribution in [0.5, 0.6) is 0 Å². The highest BCUT2D eigenvalue weighted by atomic mass is 16.5. The molecule has 2 unspecified atom stereocenters. The van der Waals surface area contributed by atoms with Gasteiger partial charge in [-0.15, -0.1) is 0 Å². The molecule has 0 amide bonds. The van der Waals surface area contributed by atoms with E-state index in [-0.39, 0.29) is 12.4 Å². The fourth-order valence-corrected chi connectivity index (χ4v) is 2.99. The third kappa shape index (κ3) is 16.7. The minimum atomic E-state index is 0.0570. The van der Waals surface area contributed by atoms with Crippen LogP contribution < -0.4 is 11.1 Å². The third-order valence-electron chi connectivity index (χ3n) is 4.78. The first-order valence-electron chi connectivity index (χ1n) is 10.9. The van der Waals surface area contributed by atoms with Gasteiger partial charge >= 0.3 is 0 Å². The second kappa shape index (κ2) is 19.2. The summed E-state index contributed by atoms with van der Waals surface area (Å²) in [6, 6.07) is 0. The van der Waals surface area contributed by atoms with Crippen LogP contribution in [-0.4, -0.2) is 19.0 Å². The lowest BCUT2D eigenvalue weighted by molar-refractivity contribution is 0.0169. The van der Waals surface area contributed by atoms with Gasteiger partial charge in [-0.05, 0) is 19.3 Å². The molecule has 0 saturated carbocycles. The zero-order valence-corrected chi connectivity index (χ0v) is 17.0. The quantitative estimate of drug-likeness (QED) is 0.220. The molecule has 0 fully saturated rings. The van der Waals surface area contributed by atoms with E-state index in [0.717, 1.165) is 19.4 Å². The maximum Gasteiger partial charge on any atom is 0.109 e. The van der Waals surface area contributed by atoms with E-state index in [9.17, 15) is 0 Å². The van der Waals surface area contributed by atoms with Gasteiger partial charge in [-0.3, -0.25) is 5.32 Å². The van der Waals surface area contributed by atoms with E-state index < -0.39 is 0 Å². The first kappa shape index (κ1) is 23.9. The summed E-state index contributed by atoms with van der Waals surface area (Å²) in [4.78, 5) is 0. The molecule has 0 spiro atoms. The number of ether oxygens (including phenoxy) is 1. The van der Waals surface area contributed by atoms with Gasteiger partial charge in [-0.25, -0.2) is 0 Å². The predicted molar refractivity (Wildman–Crippen MR) is 107 cm³/mol. The van der Waals surface area contributed by atoms with Gasteiger partial charge in [0.05, 0.1) is 6.17 Å². The molecule has 0 aliphatic heterocycles. The molecule has 24 heavy (non-hydrogen) atoms. The first-order chi connectivity index (χ1) is 11.7. The highest BCUT2D eigenvalue weighted by Gasteiger charge is 2.08. The van der Waals surface area contributed by atoms with Crippen LogP contribution in [0.4, 0.5) is 0 Å². The molecule has 0 aliphatic rings. The van der Waals surface area contributed by atoms with Crippen LogP contribution in [0.25, 0.3) is 0 Å². The van der Waals surface area contributed by atoms with Crippen molar-refractivity contribution in [3.05, 3.63) is 0 Å². The van der Waals surface area contributed by atoms with E-state index in [1.54, 1.807) is 0 Å². The standard InChI is InChI=1S/C21H46N2O/c1-4-7-8-9-10-11-12-13-14-15-16-17-18-19-24-21(6-3)23-20(22)5-2/h20-21,23H,4-19,22H2,1-3H3. The number of hydrogen-bond donors (Lipinski definition) is 2. The van der Waals surface area contributed by atoms with Crippen LogP contribution in [-0.2, 0) is 4.74 Å². The number of hydrogen-bond acceptors (Lipinski definition) is 3. The maximum atomic E-state index is 5.91. The van der Waals surface area contributed by atoms with E-state index in [1.807, 2.05) is 0 Å². The fourth-order valence-electron chi connectivity index (χ4n) is 2.99. The molecule has 3 heteroatoms. The normalized spacial score (nSPS) is 14.0. The minimum absolute atomic E-state index is 0.0570. The molecule has 0 aliphatic carbocycles. The molecular formula is C21H46N2O. The van der Waals surface area contributed by atoms with Gasteiger partial charge in [-0.2, -0.15) is 0 Å². The van der Waals surface area contributed by atoms with Crippen LogP contribution in [0, 0.1) is 0 Å². The van der Waals surface area contributed by atoms with Gasteiger partial charge in [0.15, 0.2) is 0 Å². The van der Waals surface area contributed by atoms with Crippen molar-refractivity contribution in [3.8, 4) is 0 Å². The van der Waals surface area contributed by atoms with Crippen LogP contribution in [0.1, 0.15) is 117 Å². The first-order valence-corrected chi connectivity index (χ1v) is 10.9. The van der Waals surface area contributed by atoms with Gasteiger partial charge in [0.25, 0.3) is 0 Å². The topological polar surface area (TPSA) is 47.3 Å². The van der Waals surface area contributed by atoms with E-state index in [0.29, 0.717) is 0 Å². The molecule has 0 bridgehead atoms. The van der Waals surface area contributed by atoms with Gasteiger partial charge in [0.2, 0.25) is 0 Å². The average molecular weight is 343 g/mol. The Kier molecular flexibility index (Phi) is 19.1. The third-order valence-corrected chi connectivity index (χ3v) is 4.78. The number of rotatable bonds is 19. The molecular weight excluding hydrogens is 296 g/mol. The van der Waals surface area contributed by atoms with Gasteiger partial charge in [0.1, 0.15) is 6.23 Å². The summed E-state index contributed by atoms with van der Waals surface area (Å²) in [7, 11) is 0. The molecule has 2 atom stereocenters. The van der Waals surface area contributed by atoms with E-state index >= 15 is 0 Å². The van der Waals surface area contributed by atoms with Crippen molar-refractivity contribution in [1.82, 2.24) is 5.32 Å². The van der Waals surface area contributed by atoms with E-state index in [2.05, 4.69) is 26.1 Å². The summed E-state index contributed by atoms with van der Waals surface area (Å²) in [5, 5.41) is 3.32. The Labute approximate surface area is 152 Å². The van der Waals surface area contributed by atoms with Crippen LogP contribution >= 0.6 is 0 Å². The summed E-state index contributed by atoms with van der Waals surface area (Å²) in [5.41, 5.74) is 5.91. The van der Waals surface area contributed by atoms with Gasteiger partial charge in [-0.1, -0.05) is 97.8 Å². The maximum absolute atomic E-state index is 5.91. The number of unbranched alkanes of at least 4 members (excludes halogenated alkanes) is 12. The van der Waals surface area contributed by atoms with Crippen molar-refractivity contribution >= 4 is 0 Å². The lowest BCUT2D eigenvalue weighted by Crippen LogP contribution is -2.44. The highest BCUT2D eigenvalue weighted by Crippen LogP contribution is 2.12. The monoisotopic (exact) mass is 342 g/mol. The molecule has 0 aromatic rings. The molecule has 0 heterocycles. The Morgan fingerprint density at radius 1 is 0.667 bits per heavy atom. The Morgan fingerprint density at radius 3 is 1.54 bits per heavy atom. The van der Waals surface area contributed by atoms with E-state index in [1.165, 1.54) is 83.5 Å². The second-order valence-electron chi connectivity index (χ2n) is 7.19. The van der Waals surface area contributed by atoms with Crippen molar-refractivity contribution in [2.45, 2.75) is 129 Å². The van der Waals surface area contributed by atoms with Crippen molar-refractivity contribution in [2.24, 2.45) is 5.73 Å². The fraction of sp³-hybridized carbons (Fsp3) is 1.00. The van der Waals surface area contributed by atoms with E-state index in [4.69, 9.17) is 10.5 Å². The average Bonchev–Trinajstić information content (AvgIpc) is 2.60. The summed E-state index contributed by atoms with van der Waals surface area (Å²) < 4.78 is 5.87. The smallest absolute Gasteiger partial charge is 0.109 e. The molecule has 0 saturated heterocycles. The largest absolute Gasteiger partial charge is 0.363 e. The molecule has 0 aromatic heterocycles. The summed E-state index contributed by atoms with van der Waals surface area (Å²) in [6.07, 6.45) is 20.2. The Morgan fingerprint density at radius 2 is 1.12 bits per heavy atom. The van der Waals surface area contributed by atoms with Crippen LogP contribution in [0.15, 0.2) is 0 Å². The van der Waals surface area contributed by atoms with Gasteiger partial charge < -0.3 is 10.5 Å². The molecule has 0 aromatic carbocycles. The van der Waals surface area contributed by atoms with Crippen molar-refractivity contribution in [1.29, 1.82) is 0 Å². The molecule has 0 rings (SSSR count). The SMILES string of the molecule is CCCCCCCCCCCCCCCOC(CC)NC(N)CC. The van der Waals surface area contributed by atoms with Crippen LogP contribution in [0.3, 0.4) is 0 Å². The minimum Gasteiger partial charge on any atom is -0.363 e. The summed E-state index contributed by atoms with van der Waals surface area (Å²) in [5.74, 6) is 0. The second-order valence-corrected chi connectivity index (χ2v) is 7.19. The van der Waals surface area contributed by atoms with Crippen molar-refractivity contribution in [2.75, 3.05) is 6.61 Å². The van der Waals surface area contributed by atoms with Crippen molar-refractivity contribution in [3.63, 3.8) is 0 Å². The van der Waals surface area contributed by atoms with Crippen LogP contribution in [0.2, 0.25) is 0 Å².